The molecule has 0 saturated heterocycles. The number of aromatic nitrogens is 1. The third kappa shape index (κ3) is 3.94. The number of rotatable bonds is 7. The number of nitrogens with two attached hydrogens (primary N) is 1. The third-order valence-corrected chi connectivity index (χ3v) is 5.12. The number of thioether (sulfide) groups is 1. The molecular formula is C21H24N2O2S. The predicted molar refractivity (Wildman–Crippen MR) is 109 cm³/mol. The average molecular weight is 369 g/mol. The molecule has 2 atom stereocenters. The lowest BCUT2D eigenvalue weighted by atomic mass is 9.95. The maximum atomic E-state index is 12.5. The van der Waals surface area contributed by atoms with Crippen molar-refractivity contribution in [3.05, 3.63) is 60.3 Å². The Balaban J connectivity index is 1.88. The summed E-state index contributed by atoms with van der Waals surface area (Å²) in [5.41, 5.74) is 10.1. The topological polar surface area (TPSA) is 68.1 Å². The molecule has 4 nitrogen and oxygen atoms in total. The van der Waals surface area contributed by atoms with Crippen molar-refractivity contribution in [1.82, 2.24) is 4.98 Å². The lowest BCUT2D eigenvalue weighted by Gasteiger charge is -2.19. The molecule has 136 valence electrons. The van der Waals surface area contributed by atoms with Gasteiger partial charge in [0, 0.05) is 22.7 Å². The van der Waals surface area contributed by atoms with E-state index in [0.29, 0.717) is 0 Å². The van der Waals surface area contributed by atoms with Gasteiger partial charge in [-0.25, -0.2) is 4.79 Å². The summed E-state index contributed by atoms with van der Waals surface area (Å²) in [5, 5.41) is 1.11. The number of ether oxygens (including phenoxy) is 1. The van der Waals surface area contributed by atoms with Crippen LogP contribution in [0.2, 0.25) is 0 Å². The van der Waals surface area contributed by atoms with Gasteiger partial charge in [-0.05, 0) is 42.5 Å². The van der Waals surface area contributed by atoms with E-state index < -0.39 is 6.04 Å². The second-order valence-electron chi connectivity index (χ2n) is 6.34. The number of hydrogen-bond donors (Lipinski definition) is 2. The van der Waals surface area contributed by atoms with E-state index in [1.807, 2.05) is 61.8 Å². The standard InChI is InChI=1S/C21H24N2O2S/c1-14(11-12-26-2)25-21(24)20(22)17-9-4-3-7-15(17)18-13-23-19-10-6-5-8-16(18)19/h3-10,13-14,20,23H,11-12,22H2,1-2H3/t14?,20-/m0/s1. The molecule has 5 heteroatoms. The van der Waals surface area contributed by atoms with Crippen LogP contribution in [0.5, 0.6) is 0 Å². The fourth-order valence-corrected chi connectivity index (χ4v) is 3.62. The van der Waals surface area contributed by atoms with Gasteiger partial charge < -0.3 is 15.5 Å². The summed E-state index contributed by atoms with van der Waals surface area (Å²) in [6.45, 7) is 1.91. The highest BCUT2D eigenvalue weighted by atomic mass is 32.2. The maximum absolute atomic E-state index is 12.5. The lowest BCUT2D eigenvalue weighted by Crippen LogP contribution is -2.27. The van der Waals surface area contributed by atoms with E-state index in [-0.39, 0.29) is 12.1 Å². The van der Waals surface area contributed by atoms with Crippen molar-refractivity contribution >= 4 is 28.6 Å². The summed E-state index contributed by atoms with van der Waals surface area (Å²) in [5.74, 6) is 0.571. The Morgan fingerprint density at radius 3 is 2.69 bits per heavy atom. The Hall–Kier alpha value is -2.24. The highest BCUT2D eigenvalue weighted by Crippen LogP contribution is 2.33. The van der Waals surface area contributed by atoms with E-state index >= 15 is 0 Å². The molecule has 1 unspecified atom stereocenters. The summed E-state index contributed by atoms with van der Waals surface area (Å²) in [6, 6.07) is 15.0. The van der Waals surface area contributed by atoms with Crippen molar-refractivity contribution in [2.24, 2.45) is 5.73 Å². The third-order valence-electron chi connectivity index (χ3n) is 4.48. The van der Waals surface area contributed by atoms with Crippen LogP contribution in [0, 0.1) is 0 Å². The first-order chi connectivity index (χ1) is 12.6. The van der Waals surface area contributed by atoms with Crippen LogP contribution in [-0.4, -0.2) is 29.1 Å². The molecule has 0 fully saturated rings. The van der Waals surface area contributed by atoms with Crippen molar-refractivity contribution in [2.75, 3.05) is 12.0 Å². The first-order valence-corrected chi connectivity index (χ1v) is 10.1. The van der Waals surface area contributed by atoms with Gasteiger partial charge in [-0.3, -0.25) is 0 Å². The van der Waals surface area contributed by atoms with E-state index in [1.165, 1.54) is 0 Å². The molecule has 0 spiro atoms. The Labute approximate surface area is 158 Å². The minimum atomic E-state index is -0.809. The van der Waals surface area contributed by atoms with Gasteiger partial charge in [-0.2, -0.15) is 11.8 Å². The smallest absolute Gasteiger partial charge is 0.327 e. The Morgan fingerprint density at radius 1 is 1.15 bits per heavy atom. The number of para-hydroxylation sites is 1. The van der Waals surface area contributed by atoms with E-state index in [1.54, 1.807) is 11.8 Å². The molecule has 0 radical (unpaired) electrons. The van der Waals surface area contributed by atoms with Crippen molar-refractivity contribution in [1.29, 1.82) is 0 Å². The maximum Gasteiger partial charge on any atom is 0.327 e. The van der Waals surface area contributed by atoms with Crippen LogP contribution >= 0.6 is 11.8 Å². The van der Waals surface area contributed by atoms with E-state index in [0.717, 1.165) is 39.8 Å². The fourth-order valence-electron chi connectivity index (χ4n) is 3.05. The molecule has 1 aromatic heterocycles. The van der Waals surface area contributed by atoms with E-state index in [4.69, 9.17) is 10.5 Å². The molecule has 3 rings (SSSR count). The van der Waals surface area contributed by atoms with Gasteiger partial charge in [-0.15, -0.1) is 0 Å². The van der Waals surface area contributed by atoms with Crippen molar-refractivity contribution < 1.29 is 9.53 Å². The number of H-pyrrole nitrogens is 1. The number of fused-ring (bicyclic) bond motifs is 1. The van der Waals surface area contributed by atoms with E-state index in [2.05, 4.69) is 11.1 Å². The Morgan fingerprint density at radius 2 is 1.88 bits per heavy atom. The summed E-state index contributed by atoms with van der Waals surface area (Å²) in [4.78, 5) is 15.8. The number of aromatic amines is 1. The molecule has 0 amide bonds. The molecule has 2 aromatic carbocycles. The Kier molecular flexibility index (Phi) is 6.01. The number of hydrogen-bond acceptors (Lipinski definition) is 4. The molecule has 0 saturated carbocycles. The minimum Gasteiger partial charge on any atom is -0.461 e. The normalized spacial score (nSPS) is 13.5. The van der Waals surface area contributed by atoms with Gasteiger partial charge in [0.05, 0.1) is 6.10 Å². The highest BCUT2D eigenvalue weighted by molar-refractivity contribution is 7.98. The summed E-state index contributed by atoms with van der Waals surface area (Å²) in [7, 11) is 0. The van der Waals surface area contributed by atoms with Gasteiger partial charge >= 0.3 is 5.97 Å². The van der Waals surface area contributed by atoms with Gasteiger partial charge in [-0.1, -0.05) is 42.5 Å². The van der Waals surface area contributed by atoms with Gasteiger partial charge in [0.2, 0.25) is 0 Å². The summed E-state index contributed by atoms with van der Waals surface area (Å²) in [6.07, 6.45) is 4.69. The zero-order valence-electron chi connectivity index (χ0n) is 15.1. The lowest BCUT2D eigenvalue weighted by molar-refractivity contribution is -0.150. The van der Waals surface area contributed by atoms with E-state index in [9.17, 15) is 4.79 Å². The number of carbonyl (C=O) groups excluding carboxylic acids is 1. The quantitative estimate of drug-likeness (QED) is 0.602. The van der Waals surface area contributed by atoms with Gasteiger partial charge in [0.25, 0.3) is 0 Å². The SMILES string of the molecule is CSCCC(C)OC(=O)[C@@H](N)c1ccccc1-c1c[nH]c2ccccc12. The highest BCUT2D eigenvalue weighted by Gasteiger charge is 2.23. The van der Waals surface area contributed by atoms with Crippen molar-refractivity contribution in [3.8, 4) is 11.1 Å². The molecule has 0 aliphatic heterocycles. The van der Waals surface area contributed by atoms with Crippen molar-refractivity contribution in [2.45, 2.75) is 25.5 Å². The van der Waals surface area contributed by atoms with Gasteiger partial charge in [0.15, 0.2) is 0 Å². The average Bonchev–Trinajstić information content (AvgIpc) is 3.09. The fraction of sp³-hybridized carbons (Fsp3) is 0.286. The zero-order valence-corrected chi connectivity index (χ0v) is 15.9. The van der Waals surface area contributed by atoms with Crippen LogP contribution in [0.4, 0.5) is 0 Å². The van der Waals surface area contributed by atoms with Crippen LogP contribution < -0.4 is 5.73 Å². The van der Waals surface area contributed by atoms with Crippen LogP contribution in [0.1, 0.15) is 24.9 Å². The zero-order chi connectivity index (χ0) is 18.5. The number of carbonyl (C=O) groups is 1. The second kappa shape index (κ2) is 8.43. The first kappa shape index (κ1) is 18.5. The largest absolute Gasteiger partial charge is 0.461 e. The number of benzene rings is 2. The summed E-state index contributed by atoms with van der Waals surface area (Å²) < 4.78 is 5.54. The predicted octanol–water partition coefficient (Wildman–Crippen LogP) is 4.52. The van der Waals surface area contributed by atoms with Gasteiger partial charge in [0.1, 0.15) is 6.04 Å². The number of esters is 1. The Bertz CT molecular complexity index is 890. The first-order valence-electron chi connectivity index (χ1n) is 8.72. The molecule has 0 bridgehead atoms. The monoisotopic (exact) mass is 368 g/mol. The molecule has 3 aromatic rings. The van der Waals surface area contributed by atoms with Crippen molar-refractivity contribution in [3.63, 3.8) is 0 Å². The summed E-state index contributed by atoms with van der Waals surface area (Å²) >= 11 is 1.74. The van der Waals surface area contributed by atoms with Crippen LogP contribution in [-0.2, 0) is 9.53 Å². The molecular weight excluding hydrogens is 344 g/mol. The van der Waals surface area contributed by atoms with Crippen LogP contribution in [0.3, 0.4) is 0 Å². The second-order valence-corrected chi connectivity index (χ2v) is 7.33. The van der Waals surface area contributed by atoms with Crippen LogP contribution in [0.25, 0.3) is 22.0 Å². The minimum absolute atomic E-state index is 0.138. The van der Waals surface area contributed by atoms with Crippen LogP contribution in [0.15, 0.2) is 54.7 Å². The molecule has 0 aliphatic carbocycles. The number of nitrogens with one attached hydrogen (secondary N) is 1. The molecule has 26 heavy (non-hydrogen) atoms. The molecule has 1 heterocycles. The molecule has 0 aliphatic rings. The molecule has 3 N–H and O–H groups in total.